The minimum Gasteiger partial charge on any atom is -0.394 e. The minimum atomic E-state index is -0.0938. The van der Waals surface area contributed by atoms with Crippen LogP contribution in [0.2, 0.25) is 0 Å². The molecule has 0 amide bonds. The standard InChI is InChI=1S/C10H13BrO2/c1-8(6-12)13-7-9-2-4-10(11)5-3-9/h2-5,8,12H,6-7H2,1H3. The summed E-state index contributed by atoms with van der Waals surface area (Å²) in [6.45, 7) is 2.46. The Kier molecular flexibility index (Phi) is 4.42. The van der Waals surface area contributed by atoms with Crippen LogP contribution in [0.4, 0.5) is 0 Å². The number of aliphatic hydroxyl groups is 1. The van der Waals surface area contributed by atoms with Crippen molar-refractivity contribution in [3.8, 4) is 0 Å². The maximum Gasteiger partial charge on any atom is 0.0782 e. The molecule has 0 bridgehead atoms. The molecule has 0 saturated carbocycles. The molecule has 13 heavy (non-hydrogen) atoms. The fraction of sp³-hybridized carbons (Fsp3) is 0.400. The lowest BCUT2D eigenvalue weighted by Gasteiger charge is -2.09. The van der Waals surface area contributed by atoms with E-state index in [2.05, 4.69) is 15.9 Å². The summed E-state index contributed by atoms with van der Waals surface area (Å²) < 4.78 is 6.41. The zero-order valence-electron chi connectivity index (χ0n) is 7.53. The monoisotopic (exact) mass is 244 g/mol. The third-order valence-corrected chi connectivity index (χ3v) is 2.23. The maximum atomic E-state index is 8.72. The summed E-state index contributed by atoms with van der Waals surface area (Å²) in [5.41, 5.74) is 1.11. The second-order valence-electron chi connectivity index (χ2n) is 2.93. The first-order valence-corrected chi connectivity index (χ1v) is 4.98. The summed E-state index contributed by atoms with van der Waals surface area (Å²) in [6, 6.07) is 7.94. The maximum absolute atomic E-state index is 8.72. The van der Waals surface area contributed by atoms with E-state index < -0.39 is 0 Å². The SMILES string of the molecule is CC(CO)OCc1ccc(Br)cc1. The fourth-order valence-electron chi connectivity index (χ4n) is 0.872. The van der Waals surface area contributed by atoms with Crippen LogP contribution >= 0.6 is 15.9 Å². The molecule has 2 nitrogen and oxygen atoms in total. The molecule has 0 spiro atoms. The molecule has 0 aromatic heterocycles. The smallest absolute Gasteiger partial charge is 0.0782 e. The average Bonchev–Trinajstić information content (AvgIpc) is 2.16. The van der Waals surface area contributed by atoms with E-state index in [9.17, 15) is 0 Å². The summed E-state index contributed by atoms with van der Waals surface area (Å²) in [5, 5.41) is 8.72. The number of hydrogen-bond donors (Lipinski definition) is 1. The lowest BCUT2D eigenvalue weighted by atomic mass is 10.2. The number of ether oxygens (including phenoxy) is 1. The number of benzene rings is 1. The minimum absolute atomic E-state index is 0.0660. The van der Waals surface area contributed by atoms with Gasteiger partial charge in [0, 0.05) is 4.47 Å². The van der Waals surface area contributed by atoms with Crippen LogP contribution in [0.5, 0.6) is 0 Å². The van der Waals surface area contributed by atoms with Gasteiger partial charge >= 0.3 is 0 Å². The molecule has 1 atom stereocenters. The molecule has 3 heteroatoms. The lowest BCUT2D eigenvalue weighted by Crippen LogP contribution is -2.12. The zero-order chi connectivity index (χ0) is 9.68. The van der Waals surface area contributed by atoms with Gasteiger partial charge in [-0.3, -0.25) is 0 Å². The molecule has 0 aliphatic carbocycles. The van der Waals surface area contributed by atoms with Gasteiger partial charge in [-0.1, -0.05) is 28.1 Å². The summed E-state index contributed by atoms with van der Waals surface area (Å²) in [5.74, 6) is 0. The van der Waals surface area contributed by atoms with Crippen molar-refractivity contribution in [2.24, 2.45) is 0 Å². The van der Waals surface area contributed by atoms with E-state index >= 15 is 0 Å². The third kappa shape index (κ3) is 3.89. The fourth-order valence-corrected chi connectivity index (χ4v) is 1.14. The Balaban J connectivity index is 2.41. The van der Waals surface area contributed by atoms with Gasteiger partial charge in [0.05, 0.1) is 19.3 Å². The molecule has 1 unspecified atom stereocenters. The third-order valence-electron chi connectivity index (χ3n) is 1.70. The second-order valence-corrected chi connectivity index (χ2v) is 3.85. The van der Waals surface area contributed by atoms with E-state index in [1.165, 1.54) is 0 Å². The van der Waals surface area contributed by atoms with Gasteiger partial charge in [-0.05, 0) is 24.6 Å². The van der Waals surface area contributed by atoms with Crippen molar-refractivity contribution in [1.29, 1.82) is 0 Å². The Bertz CT molecular complexity index is 246. The highest BCUT2D eigenvalue weighted by atomic mass is 79.9. The van der Waals surface area contributed by atoms with E-state index in [1.54, 1.807) is 0 Å². The molecule has 0 saturated heterocycles. The van der Waals surface area contributed by atoms with Crippen molar-refractivity contribution in [2.45, 2.75) is 19.6 Å². The quantitative estimate of drug-likeness (QED) is 0.882. The number of rotatable bonds is 4. The van der Waals surface area contributed by atoms with Gasteiger partial charge in [0.25, 0.3) is 0 Å². The van der Waals surface area contributed by atoms with Gasteiger partial charge in [0.15, 0.2) is 0 Å². The number of halogens is 1. The van der Waals surface area contributed by atoms with Crippen LogP contribution in [0.15, 0.2) is 28.7 Å². The first-order chi connectivity index (χ1) is 6.22. The molecular weight excluding hydrogens is 232 g/mol. The molecule has 1 aromatic carbocycles. The van der Waals surface area contributed by atoms with Crippen LogP contribution in [0, 0.1) is 0 Å². The molecule has 0 fully saturated rings. The molecule has 0 radical (unpaired) electrons. The average molecular weight is 245 g/mol. The summed E-state index contributed by atoms with van der Waals surface area (Å²) >= 11 is 3.36. The highest BCUT2D eigenvalue weighted by Gasteiger charge is 1.99. The van der Waals surface area contributed by atoms with Crippen LogP contribution in [0.25, 0.3) is 0 Å². The van der Waals surface area contributed by atoms with Crippen molar-refractivity contribution >= 4 is 15.9 Å². The van der Waals surface area contributed by atoms with Gasteiger partial charge in [-0.15, -0.1) is 0 Å². The molecule has 1 rings (SSSR count). The van der Waals surface area contributed by atoms with Crippen molar-refractivity contribution in [3.05, 3.63) is 34.3 Å². The van der Waals surface area contributed by atoms with E-state index in [1.807, 2.05) is 31.2 Å². The van der Waals surface area contributed by atoms with Gasteiger partial charge in [-0.2, -0.15) is 0 Å². The predicted molar refractivity (Wildman–Crippen MR) is 55.5 cm³/mol. The van der Waals surface area contributed by atoms with Crippen LogP contribution < -0.4 is 0 Å². The van der Waals surface area contributed by atoms with E-state index in [4.69, 9.17) is 9.84 Å². The molecule has 72 valence electrons. The van der Waals surface area contributed by atoms with Gasteiger partial charge in [0.1, 0.15) is 0 Å². The van der Waals surface area contributed by atoms with Crippen LogP contribution in [-0.4, -0.2) is 17.8 Å². The summed E-state index contributed by atoms with van der Waals surface area (Å²) in [7, 11) is 0. The van der Waals surface area contributed by atoms with Gasteiger partial charge in [-0.25, -0.2) is 0 Å². The summed E-state index contributed by atoms with van der Waals surface area (Å²) in [4.78, 5) is 0. The van der Waals surface area contributed by atoms with E-state index in [0.29, 0.717) is 6.61 Å². The van der Waals surface area contributed by atoms with E-state index in [-0.39, 0.29) is 12.7 Å². The van der Waals surface area contributed by atoms with Crippen LogP contribution in [-0.2, 0) is 11.3 Å². The van der Waals surface area contributed by atoms with Crippen molar-refractivity contribution < 1.29 is 9.84 Å². The second kappa shape index (κ2) is 5.37. The van der Waals surface area contributed by atoms with Crippen LogP contribution in [0.1, 0.15) is 12.5 Å². The number of aliphatic hydroxyl groups excluding tert-OH is 1. The van der Waals surface area contributed by atoms with Gasteiger partial charge in [0.2, 0.25) is 0 Å². The Morgan fingerprint density at radius 3 is 2.54 bits per heavy atom. The Morgan fingerprint density at radius 2 is 2.00 bits per heavy atom. The first-order valence-electron chi connectivity index (χ1n) is 4.19. The normalized spacial score (nSPS) is 12.8. The van der Waals surface area contributed by atoms with Crippen molar-refractivity contribution in [3.63, 3.8) is 0 Å². The molecule has 1 aromatic rings. The summed E-state index contributed by atoms with van der Waals surface area (Å²) in [6.07, 6.45) is -0.0938. The molecule has 0 aliphatic rings. The molecular formula is C10H13BrO2. The molecule has 1 N–H and O–H groups in total. The van der Waals surface area contributed by atoms with Gasteiger partial charge < -0.3 is 9.84 Å². The van der Waals surface area contributed by atoms with Crippen LogP contribution in [0.3, 0.4) is 0 Å². The largest absolute Gasteiger partial charge is 0.394 e. The van der Waals surface area contributed by atoms with E-state index in [0.717, 1.165) is 10.0 Å². The Hall–Kier alpha value is -0.380. The predicted octanol–water partition coefficient (Wildman–Crippen LogP) is 2.35. The Morgan fingerprint density at radius 1 is 1.38 bits per heavy atom. The zero-order valence-corrected chi connectivity index (χ0v) is 9.12. The number of hydrogen-bond acceptors (Lipinski definition) is 2. The molecule has 0 heterocycles. The Labute approximate surface area is 86.7 Å². The van der Waals surface area contributed by atoms with Crippen molar-refractivity contribution in [1.82, 2.24) is 0 Å². The highest BCUT2D eigenvalue weighted by Crippen LogP contribution is 2.11. The highest BCUT2D eigenvalue weighted by molar-refractivity contribution is 9.10. The topological polar surface area (TPSA) is 29.5 Å². The molecule has 0 aliphatic heterocycles. The van der Waals surface area contributed by atoms with Crippen molar-refractivity contribution in [2.75, 3.05) is 6.61 Å². The lowest BCUT2D eigenvalue weighted by molar-refractivity contribution is 0.0145. The first kappa shape index (κ1) is 10.7.